The zero-order valence-corrected chi connectivity index (χ0v) is 19.8. The summed E-state index contributed by atoms with van der Waals surface area (Å²) >= 11 is 0. The number of aliphatic hydroxyl groups is 1. The number of hydrogen-bond acceptors (Lipinski definition) is 7. The van der Waals surface area contributed by atoms with Gasteiger partial charge in [-0.2, -0.15) is 13.2 Å². The van der Waals surface area contributed by atoms with Gasteiger partial charge in [-0.25, -0.2) is 8.42 Å². The van der Waals surface area contributed by atoms with Gasteiger partial charge >= 0.3 is 6.18 Å². The van der Waals surface area contributed by atoms with E-state index in [0.717, 1.165) is 6.07 Å². The van der Waals surface area contributed by atoms with Gasteiger partial charge < -0.3 is 14.7 Å². The quantitative estimate of drug-likeness (QED) is 0.327. The molecule has 0 aromatic heterocycles. The molecule has 0 atom stereocenters. The van der Waals surface area contributed by atoms with Crippen molar-refractivity contribution in [3.8, 4) is 5.75 Å². The predicted octanol–water partition coefficient (Wildman–Crippen LogP) is 3.34. The molecule has 0 spiro atoms. The van der Waals surface area contributed by atoms with Crippen LogP contribution in [0.3, 0.4) is 0 Å². The summed E-state index contributed by atoms with van der Waals surface area (Å²) in [5.41, 5.74) is -3.44. The third-order valence-corrected chi connectivity index (χ3v) is 7.19. The van der Waals surface area contributed by atoms with Crippen molar-refractivity contribution >= 4 is 33.1 Å². The number of carbonyl (C=O) groups excluding carboxylic acids is 3. The fourth-order valence-corrected chi connectivity index (χ4v) is 4.63. The van der Waals surface area contributed by atoms with Gasteiger partial charge in [-0.05, 0) is 32.4 Å². The predicted molar refractivity (Wildman–Crippen MR) is 116 cm³/mol. The number of aliphatic hydroxyl groups excluding tert-OH is 1. The maximum absolute atomic E-state index is 14.2. The molecular formula is C22H26F3NO7S. The van der Waals surface area contributed by atoms with Gasteiger partial charge in [-0.1, -0.05) is 6.92 Å². The Labute approximate surface area is 195 Å². The fourth-order valence-electron chi connectivity index (χ4n) is 3.60. The maximum Gasteiger partial charge on any atom is 0.420 e. The molecule has 2 rings (SSSR count). The molecule has 1 amide bonds. The minimum Gasteiger partial charge on any atom is -0.506 e. The lowest BCUT2D eigenvalue weighted by Crippen LogP contribution is -2.35. The molecule has 188 valence electrons. The number of sulfone groups is 1. The van der Waals surface area contributed by atoms with Crippen molar-refractivity contribution in [1.82, 2.24) is 4.90 Å². The van der Waals surface area contributed by atoms with Crippen LogP contribution in [0.5, 0.6) is 5.75 Å². The summed E-state index contributed by atoms with van der Waals surface area (Å²) in [6, 6.07) is 1.48. The molecule has 1 aromatic carbocycles. The molecule has 0 saturated heterocycles. The van der Waals surface area contributed by atoms with E-state index in [1.54, 1.807) is 13.8 Å². The minimum atomic E-state index is -5.27. The molecule has 0 bridgehead atoms. The summed E-state index contributed by atoms with van der Waals surface area (Å²) in [6.45, 7) is 4.14. The van der Waals surface area contributed by atoms with Crippen molar-refractivity contribution in [2.45, 2.75) is 51.1 Å². The Morgan fingerprint density at radius 3 is 2.12 bits per heavy atom. The number of benzene rings is 1. The number of likely N-dealkylation sites (N-methyl/N-ethyl adjacent to an activating group) is 1. The van der Waals surface area contributed by atoms with E-state index in [4.69, 9.17) is 4.74 Å². The van der Waals surface area contributed by atoms with Crippen LogP contribution < -0.4 is 4.74 Å². The van der Waals surface area contributed by atoms with Gasteiger partial charge in [0.15, 0.2) is 33.8 Å². The Kier molecular flexibility index (Phi) is 8.51. The van der Waals surface area contributed by atoms with Crippen LogP contribution in [0.25, 0.3) is 5.76 Å². The van der Waals surface area contributed by atoms with Crippen molar-refractivity contribution in [2.24, 2.45) is 0 Å². The van der Waals surface area contributed by atoms with E-state index in [2.05, 4.69) is 0 Å². The lowest BCUT2D eigenvalue weighted by molar-refractivity contribution is -0.141. The van der Waals surface area contributed by atoms with Crippen LogP contribution in [0.4, 0.5) is 13.2 Å². The number of hydrogen-bond donors (Lipinski definition) is 1. The number of Topliss-reactive ketones (excluding diaryl/α,β-unsaturated/α-hetero) is 2. The second-order valence-electron chi connectivity index (χ2n) is 7.49. The number of halogens is 3. The lowest BCUT2D eigenvalue weighted by atomic mass is 9.88. The highest BCUT2D eigenvalue weighted by Gasteiger charge is 2.42. The third-order valence-electron chi connectivity index (χ3n) is 5.43. The van der Waals surface area contributed by atoms with E-state index in [9.17, 15) is 41.1 Å². The number of allylic oxidation sites excluding steroid dienone is 1. The summed E-state index contributed by atoms with van der Waals surface area (Å²) in [5, 5.41) is 10.6. The standard InChI is InChI=1S/C22H26F3NO7S/c1-4-26(5-2)17(29)12-33-21-16(34(31,32)6-3)11-10-13(19(21)22(23,24)25)20(30)18-14(27)8-7-9-15(18)28/h10-11,30H,4-9,12H2,1-3H3. The van der Waals surface area contributed by atoms with Crippen molar-refractivity contribution in [3.05, 3.63) is 28.8 Å². The average molecular weight is 506 g/mol. The Hall–Kier alpha value is -2.89. The van der Waals surface area contributed by atoms with Gasteiger partial charge in [-0.15, -0.1) is 0 Å². The topological polar surface area (TPSA) is 118 Å². The van der Waals surface area contributed by atoms with Gasteiger partial charge in [0.1, 0.15) is 21.8 Å². The average Bonchev–Trinajstić information content (AvgIpc) is 2.76. The molecule has 12 heteroatoms. The van der Waals surface area contributed by atoms with Crippen LogP contribution in [0.2, 0.25) is 0 Å². The highest BCUT2D eigenvalue weighted by atomic mass is 32.2. The molecule has 8 nitrogen and oxygen atoms in total. The normalized spacial score (nSPS) is 14.8. The number of ketones is 2. The summed E-state index contributed by atoms with van der Waals surface area (Å²) in [5.74, 6) is -5.24. The largest absolute Gasteiger partial charge is 0.506 e. The SMILES string of the molecule is CCN(CC)C(=O)COc1c(S(=O)(=O)CC)ccc(C(O)=C2C(=O)CCCC2=O)c1C(F)(F)F. The lowest BCUT2D eigenvalue weighted by Gasteiger charge is -2.23. The maximum atomic E-state index is 14.2. The van der Waals surface area contributed by atoms with Gasteiger partial charge in [0.2, 0.25) is 0 Å². The van der Waals surface area contributed by atoms with E-state index in [1.807, 2.05) is 0 Å². The molecule has 0 aliphatic heterocycles. The number of rotatable bonds is 8. The molecule has 0 radical (unpaired) electrons. The second kappa shape index (κ2) is 10.6. The zero-order valence-electron chi connectivity index (χ0n) is 19.0. The smallest absolute Gasteiger partial charge is 0.420 e. The van der Waals surface area contributed by atoms with Crippen LogP contribution >= 0.6 is 0 Å². The summed E-state index contributed by atoms with van der Waals surface area (Å²) < 4.78 is 73.0. The molecule has 0 heterocycles. The molecule has 1 aromatic rings. The van der Waals surface area contributed by atoms with Crippen molar-refractivity contribution in [2.75, 3.05) is 25.4 Å². The van der Waals surface area contributed by atoms with Crippen molar-refractivity contribution in [3.63, 3.8) is 0 Å². The number of carbonyl (C=O) groups is 3. The van der Waals surface area contributed by atoms with E-state index in [-0.39, 0.29) is 32.4 Å². The molecule has 0 unspecified atom stereocenters. The highest BCUT2D eigenvalue weighted by molar-refractivity contribution is 7.91. The summed E-state index contributed by atoms with van der Waals surface area (Å²) in [4.78, 5) is 37.2. The monoisotopic (exact) mass is 505 g/mol. The number of nitrogens with zero attached hydrogens (tertiary/aromatic N) is 1. The first-order valence-corrected chi connectivity index (χ1v) is 12.3. The van der Waals surface area contributed by atoms with Crippen LogP contribution in [-0.2, 0) is 30.4 Å². The first-order chi connectivity index (χ1) is 15.8. The van der Waals surface area contributed by atoms with E-state index in [1.165, 1.54) is 11.8 Å². The molecular weight excluding hydrogens is 479 g/mol. The van der Waals surface area contributed by atoms with E-state index in [0.29, 0.717) is 6.07 Å². The molecule has 1 saturated carbocycles. The number of amides is 1. The van der Waals surface area contributed by atoms with Crippen LogP contribution in [0.15, 0.2) is 22.6 Å². The third kappa shape index (κ3) is 5.60. The van der Waals surface area contributed by atoms with Gasteiger partial charge in [0.25, 0.3) is 5.91 Å². The van der Waals surface area contributed by atoms with Crippen molar-refractivity contribution < 1.29 is 45.8 Å². The molecule has 1 N–H and O–H groups in total. The van der Waals surface area contributed by atoms with Gasteiger partial charge in [0.05, 0.1) is 5.75 Å². The van der Waals surface area contributed by atoms with Crippen molar-refractivity contribution in [1.29, 1.82) is 0 Å². The number of ether oxygens (including phenoxy) is 1. The first kappa shape index (κ1) is 27.4. The minimum absolute atomic E-state index is 0.128. The van der Waals surface area contributed by atoms with Crippen LogP contribution in [-0.4, -0.2) is 61.3 Å². The molecule has 34 heavy (non-hydrogen) atoms. The first-order valence-electron chi connectivity index (χ1n) is 10.7. The second-order valence-corrected chi connectivity index (χ2v) is 9.74. The van der Waals surface area contributed by atoms with Gasteiger partial charge in [-0.3, -0.25) is 14.4 Å². The highest BCUT2D eigenvalue weighted by Crippen LogP contribution is 2.45. The summed E-state index contributed by atoms with van der Waals surface area (Å²) in [7, 11) is -4.26. The zero-order chi connectivity index (χ0) is 25.8. The Balaban J connectivity index is 2.82. The molecule has 1 fully saturated rings. The van der Waals surface area contributed by atoms with Crippen LogP contribution in [0, 0.1) is 0 Å². The van der Waals surface area contributed by atoms with Crippen LogP contribution in [0.1, 0.15) is 51.2 Å². The molecule has 1 aliphatic rings. The molecule has 1 aliphatic carbocycles. The van der Waals surface area contributed by atoms with E-state index < -0.39 is 79.0 Å². The van der Waals surface area contributed by atoms with Gasteiger partial charge in [0, 0.05) is 31.5 Å². The Bertz CT molecular complexity index is 1100. The fraction of sp³-hybridized carbons (Fsp3) is 0.500. The Morgan fingerprint density at radius 1 is 1.09 bits per heavy atom. The summed E-state index contributed by atoms with van der Waals surface area (Å²) in [6.07, 6.45) is -5.32. The Morgan fingerprint density at radius 2 is 1.65 bits per heavy atom. The number of alkyl halides is 3. The van der Waals surface area contributed by atoms with E-state index >= 15 is 0 Å².